The molecule has 0 bridgehead atoms. The Kier molecular flexibility index (Phi) is 4.38. The number of aromatic nitrogens is 1. The molecule has 0 saturated carbocycles. The van der Waals surface area contributed by atoms with E-state index in [0.29, 0.717) is 0 Å². The van der Waals surface area contributed by atoms with Crippen LogP contribution in [0.5, 0.6) is 0 Å². The molecule has 0 aliphatic heterocycles. The number of esters is 1. The maximum absolute atomic E-state index is 12.1. The van der Waals surface area contributed by atoms with E-state index in [4.69, 9.17) is 4.74 Å². The van der Waals surface area contributed by atoms with Gasteiger partial charge in [-0.3, -0.25) is 4.79 Å². The van der Waals surface area contributed by atoms with Gasteiger partial charge in [0.15, 0.2) is 0 Å². The van der Waals surface area contributed by atoms with E-state index in [1.54, 1.807) is 0 Å². The number of carbonyl (C=O) groups is 1. The van der Waals surface area contributed by atoms with E-state index in [1.165, 1.54) is 18.5 Å². The van der Waals surface area contributed by atoms with E-state index in [2.05, 4.69) is 65.3 Å². The number of methoxy groups -OCH3 is 1. The summed E-state index contributed by atoms with van der Waals surface area (Å²) in [6, 6.07) is 4.51. The molecule has 2 atom stereocenters. The van der Waals surface area contributed by atoms with Crippen LogP contribution in [-0.2, 0) is 9.53 Å². The zero-order valence-corrected chi connectivity index (χ0v) is 13.8. The zero-order chi connectivity index (χ0) is 14.0. The summed E-state index contributed by atoms with van der Waals surface area (Å²) in [7, 11) is 1.48. The lowest BCUT2D eigenvalue weighted by molar-refractivity contribution is -0.150. The van der Waals surface area contributed by atoms with E-state index in [1.807, 2.05) is 0 Å². The first-order chi connectivity index (χ1) is 9.04. The van der Waals surface area contributed by atoms with Gasteiger partial charge in [-0.15, -0.1) is 0 Å². The minimum Gasteiger partial charge on any atom is -0.468 e. The van der Waals surface area contributed by atoms with Gasteiger partial charge in [-0.2, -0.15) is 0 Å². The third kappa shape index (κ3) is 2.59. The number of ether oxygens (including phenoxy) is 1. The summed E-state index contributed by atoms with van der Waals surface area (Å²) in [4.78, 5) is 12.1. The molecule has 1 aliphatic carbocycles. The van der Waals surface area contributed by atoms with Gasteiger partial charge >= 0.3 is 5.97 Å². The third-order valence-electron chi connectivity index (χ3n) is 4.00. The molecule has 0 spiro atoms. The maximum atomic E-state index is 12.1. The SMILES string of the molecule is COC(=O)[C@@]1(CCI)C=C[C@@H](n2c(C)ccc2C)C1. The molecule has 19 heavy (non-hydrogen) atoms. The Morgan fingerprint density at radius 1 is 1.47 bits per heavy atom. The Bertz CT molecular complexity index is 487. The van der Waals surface area contributed by atoms with Crippen molar-refractivity contribution in [2.75, 3.05) is 11.5 Å². The highest BCUT2D eigenvalue weighted by Gasteiger charge is 2.42. The maximum Gasteiger partial charge on any atom is 0.315 e. The van der Waals surface area contributed by atoms with Gasteiger partial charge in [-0.1, -0.05) is 34.7 Å². The Labute approximate surface area is 128 Å². The van der Waals surface area contributed by atoms with Crippen molar-refractivity contribution in [2.24, 2.45) is 5.41 Å². The largest absolute Gasteiger partial charge is 0.468 e. The number of aryl methyl sites for hydroxylation is 2. The van der Waals surface area contributed by atoms with Crippen LogP contribution in [0.4, 0.5) is 0 Å². The molecular weight excluding hydrogens is 353 g/mol. The fourth-order valence-corrected chi connectivity index (χ4v) is 3.96. The van der Waals surface area contributed by atoms with E-state index in [9.17, 15) is 4.79 Å². The van der Waals surface area contributed by atoms with Crippen LogP contribution in [-0.4, -0.2) is 22.1 Å². The van der Waals surface area contributed by atoms with Gasteiger partial charge in [-0.05, 0) is 38.8 Å². The van der Waals surface area contributed by atoms with Gasteiger partial charge < -0.3 is 9.30 Å². The standard InChI is InChI=1S/C15H20INO2/c1-11-4-5-12(2)17(11)13-6-7-15(10-13,8-9-16)14(18)19-3/h4-7,13H,8-10H2,1-3H3/t13-,15-/m1/s1. The minimum atomic E-state index is -0.441. The molecule has 0 amide bonds. The van der Waals surface area contributed by atoms with Gasteiger partial charge in [0.1, 0.15) is 0 Å². The molecule has 1 aromatic heterocycles. The lowest BCUT2D eigenvalue weighted by Gasteiger charge is -2.26. The summed E-state index contributed by atoms with van der Waals surface area (Å²) >= 11 is 2.32. The highest BCUT2D eigenvalue weighted by atomic mass is 127. The van der Waals surface area contributed by atoms with Crippen molar-refractivity contribution in [3.8, 4) is 0 Å². The minimum absolute atomic E-state index is 0.106. The van der Waals surface area contributed by atoms with Gasteiger partial charge in [0.05, 0.1) is 18.6 Å². The average Bonchev–Trinajstić information content (AvgIpc) is 2.94. The summed E-state index contributed by atoms with van der Waals surface area (Å²) in [5.74, 6) is -0.106. The second-order valence-corrected chi connectivity index (χ2v) is 6.28. The van der Waals surface area contributed by atoms with E-state index >= 15 is 0 Å². The smallest absolute Gasteiger partial charge is 0.315 e. The topological polar surface area (TPSA) is 31.2 Å². The number of nitrogens with zero attached hydrogens (tertiary/aromatic N) is 1. The van der Waals surface area contributed by atoms with Crippen molar-refractivity contribution in [3.63, 3.8) is 0 Å². The summed E-state index contributed by atoms with van der Waals surface area (Å²) in [6.45, 7) is 4.22. The first kappa shape index (κ1) is 14.6. The molecule has 0 saturated heterocycles. The second kappa shape index (κ2) is 5.69. The Morgan fingerprint density at radius 2 is 2.11 bits per heavy atom. The van der Waals surface area contributed by atoms with Crippen molar-refractivity contribution in [1.29, 1.82) is 0 Å². The number of hydrogen-bond acceptors (Lipinski definition) is 2. The molecule has 1 heterocycles. The highest BCUT2D eigenvalue weighted by molar-refractivity contribution is 14.1. The molecule has 0 unspecified atom stereocenters. The normalized spacial score (nSPS) is 25.8. The van der Waals surface area contributed by atoms with Gasteiger partial charge in [-0.25, -0.2) is 0 Å². The Morgan fingerprint density at radius 3 is 2.63 bits per heavy atom. The predicted molar refractivity (Wildman–Crippen MR) is 84.7 cm³/mol. The van der Waals surface area contributed by atoms with Crippen molar-refractivity contribution in [1.82, 2.24) is 4.57 Å². The number of alkyl halides is 1. The lowest BCUT2D eigenvalue weighted by atomic mass is 9.84. The van der Waals surface area contributed by atoms with Crippen LogP contribution in [0.25, 0.3) is 0 Å². The number of allylic oxidation sites excluding steroid dienone is 1. The van der Waals surface area contributed by atoms with Crippen LogP contribution in [0.3, 0.4) is 0 Å². The van der Waals surface area contributed by atoms with Gasteiger partial charge in [0, 0.05) is 15.8 Å². The molecule has 4 heteroatoms. The van der Waals surface area contributed by atoms with Crippen LogP contribution in [0.15, 0.2) is 24.3 Å². The zero-order valence-electron chi connectivity index (χ0n) is 11.6. The fraction of sp³-hybridized carbons (Fsp3) is 0.533. The number of hydrogen-bond donors (Lipinski definition) is 0. The summed E-state index contributed by atoms with van der Waals surface area (Å²) in [5, 5.41) is 0. The summed E-state index contributed by atoms with van der Waals surface area (Å²) in [5.41, 5.74) is 2.04. The van der Waals surface area contributed by atoms with Crippen molar-refractivity contribution in [3.05, 3.63) is 35.7 Å². The highest BCUT2D eigenvalue weighted by Crippen LogP contribution is 2.43. The van der Waals surface area contributed by atoms with Crippen LogP contribution in [0.1, 0.15) is 30.3 Å². The molecular formula is C15H20INO2. The number of halogens is 1. The fourth-order valence-electron chi connectivity index (χ4n) is 3.00. The second-order valence-electron chi connectivity index (χ2n) is 5.20. The molecule has 3 nitrogen and oxygen atoms in total. The molecule has 104 valence electrons. The van der Waals surface area contributed by atoms with Crippen molar-refractivity contribution >= 4 is 28.6 Å². The monoisotopic (exact) mass is 373 g/mol. The van der Waals surface area contributed by atoms with E-state index in [-0.39, 0.29) is 12.0 Å². The quantitative estimate of drug-likeness (QED) is 0.350. The Hall–Kier alpha value is -0.780. The molecule has 0 radical (unpaired) electrons. The van der Waals surface area contributed by atoms with Crippen LogP contribution >= 0.6 is 22.6 Å². The molecule has 0 aromatic carbocycles. The van der Waals surface area contributed by atoms with E-state index < -0.39 is 5.41 Å². The molecule has 0 fully saturated rings. The molecule has 2 rings (SSSR count). The predicted octanol–water partition coefficient (Wildman–Crippen LogP) is 3.59. The van der Waals surface area contributed by atoms with Crippen LogP contribution in [0, 0.1) is 19.3 Å². The Balaban J connectivity index is 2.28. The summed E-state index contributed by atoms with van der Waals surface area (Å²) in [6.07, 6.45) is 5.86. The third-order valence-corrected chi connectivity index (χ3v) is 4.54. The van der Waals surface area contributed by atoms with Crippen molar-refractivity contribution in [2.45, 2.75) is 32.7 Å². The van der Waals surface area contributed by atoms with Crippen LogP contribution in [0.2, 0.25) is 0 Å². The van der Waals surface area contributed by atoms with Gasteiger partial charge in [0.25, 0.3) is 0 Å². The van der Waals surface area contributed by atoms with Crippen molar-refractivity contribution < 1.29 is 9.53 Å². The van der Waals surface area contributed by atoms with E-state index in [0.717, 1.165) is 17.3 Å². The molecule has 0 N–H and O–H groups in total. The number of rotatable bonds is 4. The van der Waals surface area contributed by atoms with Crippen LogP contribution < -0.4 is 0 Å². The van der Waals surface area contributed by atoms with Gasteiger partial charge in [0.2, 0.25) is 0 Å². The molecule has 1 aliphatic rings. The summed E-state index contributed by atoms with van der Waals surface area (Å²) < 4.78 is 8.27. The number of carbonyl (C=O) groups excluding carboxylic acids is 1. The average molecular weight is 373 g/mol. The first-order valence-corrected chi connectivity index (χ1v) is 8.05. The molecule has 1 aromatic rings. The first-order valence-electron chi connectivity index (χ1n) is 6.52. The lowest BCUT2D eigenvalue weighted by Crippen LogP contribution is -2.30.